The molecule has 4 rings (SSSR count). The summed E-state index contributed by atoms with van der Waals surface area (Å²) in [5.74, 6) is 0.0862. The molecule has 2 amide bonds. The minimum absolute atomic E-state index is 0.0742. The van der Waals surface area contributed by atoms with Gasteiger partial charge in [-0.25, -0.2) is 0 Å². The average Bonchev–Trinajstić information content (AvgIpc) is 3.30. The molecule has 7 heteroatoms. The summed E-state index contributed by atoms with van der Waals surface area (Å²) in [4.78, 5) is 29.3. The van der Waals surface area contributed by atoms with Crippen LogP contribution in [0.25, 0.3) is 11.3 Å². The number of rotatable bonds is 6. The van der Waals surface area contributed by atoms with E-state index in [0.717, 1.165) is 18.4 Å². The second-order valence-electron chi connectivity index (χ2n) is 7.68. The third kappa shape index (κ3) is 5.14. The maximum atomic E-state index is 13.1. The van der Waals surface area contributed by atoms with E-state index in [1.165, 1.54) is 5.56 Å². The minimum atomic E-state index is -0.0742. The van der Waals surface area contributed by atoms with Gasteiger partial charge in [0, 0.05) is 43.2 Å². The van der Waals surface area contributed by atoms with Crippen molar-refractivity contribution in [1.82, 2.24) is 20.0 Å². The van der Waals surface area contributed by atoms with Crippen LogP contribution < -0.4 is 0 Å². The zero-order valence-electron chi connectivity index (χ0n) is 17.3. The van der Waals surface area contributed by atoms with E-state index in [4.69, 9.17) is 11.6 Å². The fourth-order valence-electron chi connectivity index (χ4n) is 3.86. The summed E-state index contributed by atoms with van der Waals surface area (Å²) in [5, 5.41) is 7.63. The Morgan fingerprint density at radius 1 is 0.935 bits per heavy atom. The van der Waals surface area contributed by atoms with E-state index in [2.05, 4.69) is 22.3 Å². The number of amides is 2. The highest BCUT2D eigenvalue weighted by Gasteiger charge is 2.27. The van der Waals surface area contributed by atoms with Gasteiger partial charge in [-0.15, -0.1) is 0 Å². The monoisotopic (exact) mass is 436 g/mol. The summed E-state index contributed by atoms with van der Waals surface area (Å²) in [6.45, 7) is 2.16. The number of aromatic amines is 1. The van der Waals surface area contributed by atoms with E-state index in [-0.39, 0.29) is 11.8 Å². The summed E-state index contributed by atoms with van der Waals surface area (Å²) in [7, 11) is 0. The molecule has 2 aromatic carbocycles. The number of piperazine rings is 1. The first-order valence-electron chi connectivity index (χ1n) is 10.5. The molecule has 1 aromatic heterocycles. The molecule has 0 atom stereocenters. The van der Waals surface area contributed by atoms with Gasteiger partial charge < -0.3 is 9.80 Å². The van der Waals surface area contributed by atoms with E-state index < -0.39 is 0 Å². The van der Waals surface area contributed by atoms with Gasteiger partial charge in [0.1, 0.15) is 0 Å². The Kier molecular flexibility index (Phi) is 6.67. The molecule has 1 N–H and O–H groups in total. The van der Waals surface area contributed by atoms with Crippen molar-refractivity contribution in [2.24, 2.45) is 0 Å². The Hall–Kier alpha value is -3.12. The number of H-pyrrole nitrogens is 1. The van der Waals surface area contributed by atoms with Crippen LogP contribution in [0.5, 0.6) is 0 Å². The molecule has 1 saturated heterocycles. The standard InChI is InChI=1S/C24H25ClN4O2/c25-20-11-9-19(10-12-20)23-21(17-26-27-23)24(31)29-15-13-28(14-16-29)22(30)8-4-7-18-5-2-1-3-6-18/h1-3,5-6,9-12,17H,4,7-8,13-16H2,(H,26,27). The molecule has 1 aliphatic heterocycles. The molecule has 31 heavy (non-hydrogen) atoms. The van der Waals surface area contributed by atoms with Gasteiger partial charge in [0.05, 0.1) is 17.5 Å². The zero-order valence-corrected chi connectivity index (χ0v) is 18.0. The number of hydrogen-bond donors (Lipinski definition) is 1. The van der Waals surface area contributed by atoms with Gasteiger partial charge in [-0.3, -0.25) is 14.7 Å². The first-order valence-corrected chi connectivity index (χ1v) is 10.9. The van der Waals surface area contributed by atoms with E-state index in [0.29, 0.717) is 48.9 Å². The maximum absolute atomic E-state index is 13.1. The lowest BCUT2D eigenvalue weighted by Gasteiger charge is -2.34. The lowest BCUT2D eigenvalue weighted by Crippen LogP contribution is -2.50. The summed E-state index contributed by atoms with van der Waals surface area (Å²) < 4.78 is 0. The van der Waals surface area contributed by atoms with Crippen LogP contribution >= 0.6 is 11.6 Å². The highest BCUT2D eigenvalue weighted by Crippen LogP contribution is 2.24. The van der Waals surface area contributed by atoms with Crippen molar-refractivity contribution in [2.45, 2.75) is 19.3 Å². The second-order valence-corrected chi connectivity index (χ2v) is 8.11. The van der Waals surface area contributed by atoms with Crippen LogP contribution in [0.3, 0.4) is 0 Å². The third-order valence-corrected chi connectivity index (χ3v) is 5.87. The maximum Gasteiger partial charge on any atom is 0.257 e. The molecule has 0 saturated carbocycles. The van der Waals surface area contributed by atoms with Gasteiger partial charge in [-0.1, -0.05) is 54.1 Å². The van der Waals surface area contributed by atoms with Crippen molar-refractivity contribution < 1.29 is 9.59 Å². The number of carbonyl (C=O) groups is 2. The Bertz CT molecular complexity index is 1030. The van der Waals surface area contributed by atoms with Crippen LogP contribution in [-0.4, -0.2) is 58.0 Å². The number of aromatic nitrogens is 2. The molecule has 0 aliphatic carbocycles. The quantitative estimate of drug-likeness (QED) is 0.634. The number of hydrogen-bond acceptors (Lipinski definition) is 3. The van der Waals surface area contributed by atoms with Gasteiger partial charge in [-0.05, 0) is 30.5 Å². The van der Waals surface area contributed by atoms with Crippen LogP contribution in [0.1, 0.15) is 28.8 Å². The second kappa shape index (κ2) is 9.79. The Morgan fingerprint density at radius 2 is 1.61 bits per heavy atom. The molecule has 0 unspecified atom stereocenters. The summed E-state index contributed by atoms with van der Waals surface area (Å²) in [5.41, 5.74) is 3.32. The van der Waals surface area contributed by atoms with Crippen molar-refractivity contribution in [2.75, 3.05) is 26.2 Å². The largest absolute Gasteiger partial charge is 0.339 e. The number of carbonyl (C=O) groups excluding carboxylic acids is 2. The number of nitrogens with one attached hydrogen (secondary N) is 1. The summed E-state index contributed by atoms with van der Waals surface area (Å²) >= 11 is 5.97. The average molecular weight is 437 g/mol. The Balaban J connectivity index is 1.30. The number of nitrogens with zero attached hydrogens (tertiary/aromatic N) is 3. The predicted octanol–water partition coefficient (Wildman–Crippen LogP) is 4.04. The molecule has 6 nitrogen and oxygen atoms in total. The van der Waals surface area contributed by atoms with E-state index in [9.17, 15) is 9.59 Å². The molecule has 1 aliphatic rings. The normalized spacial score (nSPS) is 14.0. The molecule has 3 aromatic rings. The molecule has 0 radical (unpaired) electrons. The lowest BCUT2D eigenvalue weighted by atomic mass is 10.1. The molecule has 2 heterocycles. The summed E-state index contributed by atoms with van der Waals surface area (Å²) in [6, 6.07) is 17.5. The minimum Gasteiger partial charge on any atom is -0.339 e. The van der Waals surface area contributed by atoms with Crippen molar-refractivity contribution in [3.63, 3.8) is 0 Å². The van der Waals surface area contributed by atoms with Crippen molar-refractivity contribution in [1.29, 1.82) is 0 Å². The molecule has 0 spiro atoms. The summed E-state index contributed by atoms with van der Waals surface area (Å²) in [6.07, 6.45) is 3.83. The van der Waals surface area contributed by atoms with Crippen LogP contribution in [0.15, 0.2) is 60.8 Å². The van der Waals surface area contributed by atoms with E-state index >= 15 is 0 Å². The van der Waals surface area contributed by atoms with Crippen LogP contribution in [0, 0.1) is 0 Å². The molecule has 0 bridgehead atoms. The fourth-order valence-corrected chi connectivity index (χ4v) is 3.99. The van der Waals surface area contributed by atoms with Crippen molar-refractivity contribution in [3.05, 3.63) is 76.9 Å². The Labute approximate surface area is 186 Å². The number of benzene rings is 2. The first kappa shape index (κ1) is 21.1. The van der Waals surface area contributed by atoms with Gasteiger partial charge in [-0.2, -0.15) is 5.10 Å². The predicted molar refractivity (Wildman–Crippen MR) is 121 cm³/mol. The SMILES string of the molecule is O=C(CCCc1ccccc1)N1CCN(C(=O)c2cn[nH]c2-c2ccc(Cl)cc2)CC1. The first-order chi connectivity index (χ1) is 15.1. The van der Waals surface area contributed by atoms with Gasteiger partial charge in [0.25, 0.3) is 5.91 Å². The van der Waals surface area contributed by atoms with Gasteiger partial charge in [0.15, 0.2) is 0 Å². The highest BCUT2D eigenvalue weighted by molar-refractivity contribution is 6.30. The van der Waals surface area contributed by atoms with Crippen molar-refractivity contribution in [3.8, 4) is 11.3 Å². The van der Waals surface area contributed by atoms with Crippen molar-refractivity contribution >= 4 is 23.4 Å². The molecule has 160 valence electrons. The van der Waals surface area contributed by atoms with Crippen LogP contribution in [0.4, 0.5) is 0 Å². The third-order valence-electron chi connectivity index (χ3n) is 5.62. The lowest BCUT2D eigenvalue weighted by molar-refractivity contribution is -0.132. The topological polar surface area (TPSA) is 69.3 Å². The number of aryl methyl sites for hydroxylation is 1. The number of halogens is 1. The van der Waals surface area contributed by atoms with Crippen LogP contribution in [0.2, 0.25) is 5.02 Å². The molecule has 1 fully saturated rings. The van der Waals surface area contributed by atoms with Crippen LogP contribution in [-0.2, 0) is 11.2 Å². The highest BCUT2D eigenvalue weighted by atomic mass is 35.5. The van der Waals surface area contributed by atoms with E-state index in [1.54, 1.807) is 23.2 Å². The smallest absolute Gasteiger partial charge is 0.257 e. The fraction of sp³-hybridized carbons (Fsp3) is 0.292. The van der Waals surface area contributed by atoms with Gasteiger partial charge >= 0.3 is 0 Å². The zero-order chi connectivity index (χ0) is 21.6. The van der Waals surface area contributed by atoms with Gasteiger partial charge in [0.2, 0.25) is 5.91 Å². The molecular formula is C24H25ClN4O2. The Morgan fingerprint density at radius 3 is 2.32 bits per heavy atom. The molecular weight excluding hydrogens is 412 g/mol. The van der Waals surface area contributed by atoms with E-state index in [1.807, 2.05) is 35.2 Å².